The smallest absolute Gasteiger partial charge is 0.268 e. The first-order valence-electron chi connectivity index (χ1n) is 11.0. The molecular formula is C23H29BrFN5O2. The van der Waals surface area contributed by atoms with Crippen LogP contribution in [0.4, 0.5) is 4.39 Å². The third kappa shape index (κ3) is 5.05. The zero-order valence-electron chi connectivity index (χ0n) is 18.4. The summed E-state index contributed by atoms with van der Waals surface area (Å²) in [5.41, 5.74) is 1.87. The highest BCUT2D eigenvalue weighted by atomic mass is 79.9. The number of hydrogen-bond acceptors (Lipinski definition) is 4. The average Bonchev–Trinajstić information content (AvgIpc) is 3.10. The number of fused-ring (bicyclic) bond motifs is 1. The number of benzene rings is 1. The molecule has 1 fully saturated rings. The molecule has 2 amide bonds. The van der Waals surface area contributed by atoms with Crippen LogP contribution in [0.2, 0.25) is 0 Å². The summed E-state index contributed by atoms with van der Waals surface area (Å²) < 4.78 is 16.3. The van der Waals surface area contributed by atoms with E-state index in [4.69, 9.17) is 0 Å². The molecule has 0 bridgehead atoms. The van der Waals surface area contributed by atoms with Gasteiger partial charge in [0.2, 0.25) is 5.91 Å². The molecule has 0 unspecified atom stereocenters. The van der Waals surface area contributed by atoms with Crippen LogP contribution in [0, 0.1) is 5.82 Å². The van der Waals surface area contributed by atoms with Crippen molar-refractivity contribution in [2.24, 2.45) is 0 Å². The minimum absolute atomic E-state index is 0.0412. The second-order valence-corrected chi connectivity index (χ2v) is 9.51. The van der Waals surface area contributed by atoms with Gasteiger partial charge in [-0.05, 0) is 53.7 Å². The van der Waals surface area contributed by atoms with Gasteiger partial charge < -0.3 is 20.1 Å². The zero-order chi connectivity index (χ0) is 22.8. The molecule has 2 atom stereocenters. The molecular weight excluding hydrogens is 477 g/mol. The number of hydrogen-bond donors (Lipinski definition) is 2. The van der Waals surface area contributed by atoms with Crippen LogP contribution in [0.25, 0.3) is 11.1 Å². The van der Waals surface area contributed by atoms with Crippen LogP contribution in [-0.2, 0) is 4.79 Å². The predicted molar refractivity (Wildman–Crippen MR) is 125 cm³/mol. The van der Waals surface area contributed by atoms with Crippen molar-refractivity contribution in [2.75, 3.05) is 46.3 Å². The molecule has 0 radical (unpaired) electrons. The molecule has 2 N–H and O–H groups in total. The van der Waals surface area contributed by atoms with Gasteiger partial charge in [0.25, 0.3) is 5.91 Å². The SMILES string of the molecule is C[C@@H](CN1CCN(C)CC1)NC(=O)C[C@@H]1CNC(=O)c2cc(-c3cccc(F)c3)c(Br)n21. The predicted octanol–water partition coefficient (Wildman–Crippen LogP) is 2.48. The fourth-order valence-electron chi connectivity index (χ4n) is 4.46. The molecule has 32 heavy (non-hydrogen) atoms. The van der Waals surface area contributed by atoms with Crippen LogP contribution in [0.1, 0.15) is 29.9 Å². The first-order chi connectivity index (χ1) is 15.3. The van der Waals surface area contributed by atoms with Gasteiger partial charge in [-0.2, -0.15) is 0 Å². The Morgan fingerprint density at radius 2 is 2.03 bits per heavy atom. The van der Waals surface area contributed by atoms with Crippen molar-refractivity contribution in [3.63, 3.8) is 0 Å². The van der Waals surface area contributed by atoms with E-state index in [-0.39, 0.29) is 36.1 Å². The summed E-state index contributed by atoms with van der Waals surface area (Å²) >= 11 is 3.60. The molecule has 7 nitrogen and oxygen atoms in total. The van der Waals surface area contributed by atoms with Crippen molar-refractivity contribution in [2.45, 2.75) is 25.4 Å². The first-order valence-corrected chi connectivity index (χ1v) is 11.8. The summed E-state index contributed by atoms with van der Waals surface area (Å²) in [5.74, 6) is -0.589. The van der Waals surface area contributed by atoms with Gasteiger partial charge in [0, 0.05) is 57.3 Å². The van der Waals surface area contributed by atoms with Gasteiger partial charge in [0.15, 0.2) is 0 Å². The molecule has 4 rings (SSSR count). The lowest BCUT2D eigenvalue weighted by molar-refractivity contribution is -0.122. The number of likely N-dealkylation sites (N-methyl/N-ethyl adjacent to an activating group) is 1. The lowest BCUT2D eigenvalue weighted by atomic mass is 10.1. The minimum atomic E-state index is -0.340. The number of carbonyl (C=O) groups excluding carboxylic acids is 2. The van der Waals surface area contributed by atoms with Crippen LogP contribution >= 0.6 is 15.9 Å². The summed E-state index contributed by atoms with van der Waals surface area (Å²) in [6, 6.07) is 7.82. The van der Waals surface area contributed by atoms with Crippen molar-refractivity contribution in [1.29, 1.82) is 0 Å². The van der Waals surface area contributed by atoms with E-state index >= 15 is 0 Å². The summed E-state index contributed by atoms with van der Waals surface area (Å²) in [5, 5.41) is 5.98. The lowest BCUT2D eigenvalue weighted by Crippen LogP contribution is -2.50. The van der Waals surface area contributed by atoms with Gasteiger partial charge >= 0.3 is 0 Å². The van der Waals surface area contributed by atoms with Crippen molar-refractivity contribution in [3.8, 4) is 11.1 Å². The number of nitrogens with zero attached hydrogens (tertiary/aromatic N) is 3. The Hall–Kier alpha value is -2.23. The van der Waals surface area contributed by atoms with E-state index in [2.05, 4.69) is 43.4 Å². The topological polar surface area (TPSA) is 69.6 Å². The maximum atomic E-state index is 13.7. The van der Waals surface area contributed by atoms with E-state index in [0.717, 1.165) is 38.3 Å². The molecule has 172 valence electrons. The molecule has 2 aliphatic rings. The molecule has 2 aromatic rings. The second kappa shape index (κ2) is 9.72. The Morgan fingerprint density at radius 1 is 1.28 bits per heavy atom. The Balaban J connectivity index is 1.44. The molecule has 1 aromatic heterocycles. The number of rotatable bonds is 6. The largest absolute Gasteiger partial charge is 0.352 e. The molecule has 1 saturated heterocycles. The standard InChI is InChI=1S/C23H29BrFN5O2/c1-15(14-29-8-6-28(2)7-9-29)27-21(31)11-18-13-26-23(32)20-12-19(22(24)30(18)20)16-4-3-5-17(25)10-16/h3-5,10,12,15,18H,6-9,11,13-14H2,1-2H3,(H,26,32)(H,27,31)/t15-,18+/m0/s1. The van der Waals surface area contributed by atoms with E-state index in [9.17, 15) is 14.0 Å². The maximum Gasteiger partial charge on any atom is 0.268 e. The monoisotopic (exact) mass is 505 g/mol. The number of halogens is 2. The fourth-order valence-corrected chi connectivity index (χ4v) is 5.28. The molecule has 0 spiro atoms. The van der Waals surface area contributed by atoms with Crippen molar-refractivity contribution in [1.82, 2.24) is 25.0 Å². The number of piperazine rings is 1. The van der Waals surface area contributed by atoms with Gasteiger partial charge in [0.1, 0.15) is 11.5 Å². The van der Waals surface area contributed by atoms with Crippen molar-refractivity contribution < 1.29 is 14.0 Å². The molecule has 3 heterocycles. The van der Waals surface area contributed by atoms with E-state index < -0.39 is 0 Å². The number of aromatic nitrogens is 1. The molecule has 0 saturated carbocycles. The Bertz CT molecular complexity index is 1000. The number of nitrogens with one attached hydrogen (secondary N) is 2. The van der Waals surface area contributed by atoms with Gasteiger partial charge in [-0.15, -0.1) is 0 Å². The highest BCUT2D eigenvalue weighted by molar-refractivity contribution is 9.10. The van der Waals surface area contributed by atoms with E-state index in [1.807, 2.05) is 11.5 Å². The highest BCUT2D eigenvalue weighted by Crippen LogP contribution is 2.36. The molecule has 2 aliphatic heterocycles. The lowest BCUT2D eigenvalue weighted by Gasteiger charge is -2.34. The number of amides is 2. The van der Waals surface area contributed by atoms with E-state index in [1.54, 1.807) is 18.2 Å². The summed E-state index contributed by atoms with van der Waals surface area (Å²) in [6.45, 7) is 7.31. The normalized spacial score (nSPS) is 20.5. The summed E-state index contributed by atoms with van der Waals surface area (Å²) in [7, 11) is 2.12. The Kier molecular flexibility index (Phi) is 6.97. The second-order valence-electron chi connectivity index (χ2n) is 8.75. The van der Waals surface area contributed by atoms with Crippen LogP contribution in [-0.4, -0.2) is 78.5 Å². The van der Waals surface area contributed by atoms with Gasteiger partial charge in [0.05, 0.1) is 10.6 Å². The fraction of sp³-hybridized carbons (Fsp3) is 0.478. The van der Waals surface area contributed by atoms with Gasteiger partial charge in [-0.25, -0.2) is 4.39 Å². The van der Waals surface area contributed by atoms with Crippen LogP contribution in [0.3, 0.4) is 0 Å². The Morgan fingerprint density at radius 3 is 2.75 bits per heavy atom. The molecule has 1 aromatic carbocycles. The highest BCUT2D eigenvalue weighted by Gasteiger charge is 2.31. The summed E-state index contributed by atoms with van der Waals surface area (Å²) in [6.07, 6.45) is 0.246. The average molecular weight is 506 g/mol. The third-order valence-corrected chi connectivity index (χ3v) is 6.97. The molecule has 9 heteroatoms. The van der Waals surface area contributed by atoms with E-state index in [1.165, 1.54) is 12.1 Å². The summed E-state index contributed by atoms with van der Waals surface area (Å²) in [4.78, 5) is 30.0. The zero-order valence-corrected chi connectivity index (χ0v) is 20.0. The quantitative estimate of drug-likeness (QED) is 0.632. The maximum absolute atomic E-state index is 13.7. The minimum Gasteiger partial charge on any atom is -0.352 e. The van der Waals surface area contributed by atoms with Gasteiger partial charge in [-0.3, -0.25) is 14.5 Å². The van der Waals surface area contributed by atoms with Crippen molar-refractivity contribution in [3.05, 3.63) is 46.4 Å². The van der Waals surface area contributed by atoms with Crippen molar-refractivity contribution >= 4 is 27.7 Å². The van der Waals surface area contributed by atoms with Crippen LogP contribution < -0.4 is 10.6 Å². The number of carbonyl (C=O) groups is 2. The van der Waals surface area contributed by atoms with E-state index in [0.29, 0.717) is 22.4 Å². The first kappa shape index (κ1) is 22.9. The van der Waals surface area contributed by atoms with Gasteiger partial charge in [-0.1, -0.05) is 12.1 Å². The van der Waals surface area contributed by atoms with Crippen LogP contribution in [0.15, 0.2) is 34.9 Å². The third-order valence-electron chi connectivity index (χ3n) is 6.16. The Labute approximate surface area is 196 Å². The molecule has 0 aliphatic carbocycles. The van der Waals surface area contributed by atoms with Crippen LogP contribution in [0.5, 0.6) is 0 Å².